The Bertz CT molecular complexity index is 511. The molecule has 0 unspecified atom stereocenters. The number of alkyl halides is 1. The average Bonchev–Trinajstić information content (AvgIpc) is 2.98. The maximum absolute atomic E-state index is 5.95. The van der Waals surface area contributed by atoms with E-state index in [9.17, 15) is 0 Å². The third kappa shape index (κ3) is 4.43. The monoisotopic (exact) mass is 310 g/mol. The molecule has 0 spiro atoms. The SMILES string of the molecule is CCCOc1ccc(CCl)c(OCCc2cccs2)c1. The number of halogens is 1. The molecule has 1 aromatic heterocycles. The smallest absolute Gasteiger partial charge is 0.127 e. The summed E-state index contributed by atoms with van der Waals surface area (Å²) in [7, 11) is 0. The molecule has 108 valence electrons. The quantitative estimate of drug-likeness (QED) is 0.646. The van der Waals surface area contributed by atoms with Gasteiger partial charge < -0.3 is 9.47 Å². The topological polar surface area (TPSA) is 18.5 Å². The van der Waals surface area contributed by atoms with Gasteiger partial charge in [0.05, 0.1) is 19.1 Å². The van der Waals surface area contributed by atoms with E-state index in [1.54, 1.807) is 11.3 Å². The van der Waals surface area contributed by atoms with E-state index in [-0.39, 0.29) is 0 Å². The zero-order valence-electron chi connectivity index (χ0n) is 11.6. The fourth-order valence-electron chi connectivity index (χ4n) is 1.81. The van der Waals surface area contributed by atoms with Gasteiger partial charge in [0.1, 0.15) is 11.5 Å². The molecule has 0 fully saturated rings. The Kier molecular flexibility index (Phi) is 6.22. The summed E-state index contributed by atoms with van der Waals surface area (Å²) in [5.41, 5.74) is 1.00. The van der Waals surface area contributed by atoms with Gasteiger partial charge in [0.15, 0.2) is 0 Å². The Labute approximate surface area is 129 Å². The molecule has 0 N–H and O–H groups in total. The van der Waals surface area contributed by atoms with Crippen LogP contribution >= 0.6 is 22.9 Å². The molecule has 0 aliphatic carbocycles. The van der Waals surface area contributed by atoms with Gasteiger partial charge in [-0.3, -0.25) is 0 Å². The molecule has 0 saturated heterocycles. The van der Waals surface area contributed by atoms with Crippen LogP contribution in [0.2, 0.25) is 0 Å². The normalized spacial score (nSPS) is 10.5. The van der Waals surface area contributed by atoms with Gasteiger partial charge in [-0.1, -0.05) is 19.1 Å². The number of ether oxygens (including phenoxy) is 2. The molecule has 0 saturated carbocycles. The average molecular weight is 311 g/mol. The van der Waals surface area contributed by atoms with E-state index in [0.29, 0.717) is 12.5 Å². The van der Waals surface area contributed by atoms with Crippen molar-refractivity contribution in [3.05, 3.63) is 46.2 Å². The minimum Gasteiger partial charge on any atom is -0.493 e. The number of benzene rings is 1. The zero-order valence-corrected chi connectivity index (χ0v) is 13.2. The van der Waals surface area contributed by atoms with Crippen molar-refractivity contribution in [2.75, 3.05) is 13.2 Å². The van der Waals surface area contributed by atoms with Gasteiger partial charge in [0.2, 0.25) is 0 Å². The summed E-state index contributed by atoms with van der Waals surface area (Å²) in [6, 6.07) is 10.0. The van der Waals surface area contributed by atoms with Gasteiger partial charge in [-0.15, -0.1) is 22.9 Å². The Balaban J connectivity index is 1.96. The predicted octanol–water partition coefficient (Wildman–Crippen LogP) is 4.90. The summed E-state index contributed by atoms with van der Waals surface area (Å²) in [6.07, 6.45) is 1.91. The standard InChI is InChI=1S/C16H19ClO2S/c1-2-8-18-14-6-5-13(12-17)16(11-14)19-9-7-15-4-3-10-20-15/h3-6,10-11H,2,7-9,12H2,1H3. The Hall–Kier alpha value is -1.19. The first-order chi connectivity index (χ1) is 9.83. The van der Waals surface area contributed by atoms with Crippen molar-refractivity contribution in [2.45, 2.75) is 25.6 Å². The van der Waals surface area contributed by atoms with E-state index >= 15 is 0 Å². The lowest BCUT2D eigenvalue weighted by molar-refractivity contribution is 0.302. The summed E-state index contributed by atoms with van der Waals surface area (Å²) in [6.45, 7) is 3.46. The molecule has 2 rings (SSSR count). The largest absolute Gasteiger partial charge is 0.493 e. The van der Waals surface area contributed by atoms with Crippen LogP contribution in [0.1, 0.15) is 23.8 Å². The fourth-order valence-corrected chi connectivity index (χ4v) is 2.72. The summed E-state index contributed by atoms with van der Waals surface area (Å²) in [5, 5.41) is 2.08. The molecule has 0 aliphatic heterocycles. The second-order valence-electron chi connectivity index (χ2n) is 4.43. The van der Waals surface area contributed by atoms with E-state index in [0.717, 1.165) is 36.5 Å². The predicted molar refractivity (Wildman–Crippen MR) is 85.3 cm³/mol. The Morgan fingerprint density at radius 2 is 2.05 bits per heavy atom. The van der Waals surface area contributed by atoms with Crippen molar-refractivity contribution in [1.82, 2.24) is 0 Å². The minimum absolute atomic E-state index is 0.447. The van der Waals surface area contributed by atoms with Gasteiger partial charge in [-0.2, -0.15) is 0 Å². The van der Waals surface area contributed by atoms with Crippen LogP contribution in [0.15, 0.2) is 35.7 Å². The maximum atomic E-state index is 5.95. The highest BCUT2D eigenvalue weighted by Gasteiger charge is 2.06. The van der Waals surface area contributed by atoms with E-state index in [2.05, 4.69) is 24.4 Å². The highest BCUT2D eigenvalue weighted by atomic mass is 35.5. The van der Waals surface area contributed by atoms with Gasteiger partial charge in [0, 0.05) is 22.9 Å². The van der Waals surface area contributed by atoms with Crippen molar-refractivity contribution in [1.29, 1.82) is 0 Å². The fraction of sp³-hybridized carbons (Fsp3) is 0.375. The number of hydrogen-bond acceptors (Lipinski definition) is 3. The first-order valence-corrected chi connectivity index (χ1v) is 8.21. The minimum atomic E-state index is 0.447. The van der Waals surface area contributed by atoms with E-state index < -0.39 is 0 Å². The molecule has 1 aromatic carbocycles. The molecule has 0 amide bonds. The Morgan fingerprint density at radius 1 is 1.15 bits per heavy atom. The van der Waals surface area contributed by atoms with Crippen molar-refractivity contribution in [3.63, 3.8) is 0 Å². The molecule has 0 bridgehead atoms. The molecule has 0 radical (unpaired) electrons. The van der Waals surface area contributed by atoms with E-state index in [1.165, 1.54) is 4.88 Å². The lowest BCUT2D eigenvalue weighted by atomic mass is 10.2. The molecular formula is C16H19ClO2S. The summed E-state index contributed by atoms with van der Waals surface area (Å²) in [5.74, 6) is 2.11. The van der Waals surface area contributed by atoms with Gasteiger partial charge in [-0.25, -0.2) is 0 Å². The highest BCUT2D eigenvalue weighted by molar-refractivity contribution is 7.09. The zero-order chi connectivity index (χ0) is 14.2. The van der Waals surface area contributed by atoms with E-state index in [1.807, 2.05) is 18.2 Å². The summed E-state index contributed by atoms with van der Waals surface area (Å²) < 4.78 is 11.5. The van der Waals surface area contributed by atoms with Crippen LogP contribution in [0, 0.1) is 0 Å². The van der Waals surface area contributed by atoms with Gasteiger partial charge >= 0.3 is 0 Å². The molecule has 4 heteroatoms. The molecular weight excluding hydrogens is 292 g/mol. The lowest BCUT2D eigenvalue weighted by Crippen LogP contribution is -2.03. The lowest BCUT2D eigenvalue weighted by Gasteiger charge is -2.12. The van der Waals surface area contributed by atoms with Crippen LogP contribution < -0.4 is 9.47 Å². The maximum Gasteiger partial charge on any atom is 0.127 e. The second-order valence-corrected chi connectivity index (χ2v) is 5.73. The second kappa shape index (κ2) is 8.18. The molecule has 20 heavy (non-hydrogen) atoms. The molecule has 2 nitrogen and oxygen atoms in total. The number of hydrogen-bond donors (Lipinski definition) is 0. The van der Waals surface area contributed by atoms with E-state index in [4.69, 9.17) is 21.1 Å². The van der Waals surface area contributed by atoms with Gasteiger partial charge in [0.25, 0.3) is 0 Å². The van der Waals surface area contributed by atoms with Crippen LogP contribution in [-0.2, 0) is 12.3 Å². The molecule has 0 aliphatic rings. The number of rotatable bonds is 8. The van der Waals surface area contributed by atoms with Gasteiger partial charge in [-0.05, 0) is 23.9 Å². The first kappa shape index (κ1) is 15.2. The van der Waals surface area contributed by atoms with Crippen molar-refractivity contribution < 1.29 is 9.47 Å². The van der Waals surface area contributed by atoms with Crippen LogP contribution in [0.4, 0.5) is 0 Å². The third-order valence-corrected chi connectivity index (χ3v) is 4.07. The molecule has 0 atom stereocenters. The summed E-state index contributed by atoms with van der Waals surface area (Å²) in [4.78, 5) is 1.33. The Morgan fingerprint density at radius 3 is 2.75 bits per heavy atom. The van der Waals surface area contributed by atoms with Crippen LogP contribution in [-0.4, -0.2) is 13.2 Å². The molecule has 1 heterocycles. The number of thiophene rings is 1. The third-order valence-electron chi connectivity index (χ3n) is 2.84. The molecule has 2 aromatic rings. The summed E-state index contributed by atoms with van der Waals surface area (Å²) >= 11 is 7.70. The highest BCUT2D eigenvalue weighted by Crippen LogP contribution is 2.26. The van der Waals surface area contributed by atoms with Crippen LogP contribution in [0.25, 0.3) is 0 Å². The van der Waals surface area contributed by atoms with Crippen molar-refractivity contribution >= 4 is 22.9 Å². The van der Waals surface area contributed by atoms with Crippen molar-refractivity contribution in [3.8, 4) is 11.5 Å². The van der Waals surface area contributed by atoms with Crippen molar-refractivity contribution in [2.24, 2.45) is 0 Å². The first-order valence-electron chi connectivity index (χ1n) is 6.80. The van der Waals surface area contributed by atoms with Crippen LogP contribution in [0.5, 0.6) is 11.5 Å². The van der Waals surface area contributed by atoms with Crippen LogP contribution in [0.3, 0.4) is 0 Å².